The smallest absolute Gasteiger partial charge is 0.344 e. The van der Waals surface area contributed by atoms with E-state index in [-0.39, 0.29) is 25.0 Å². The molecule has 0 radical (unpaired) electrons. The Morgan fingerprint density at radius 3 is 2.10 bits per heavy atom. The van der Waals surface area contributed by atoms with Crippen LogP contribution in [0.15, 0.2) is 84.9 Å². The standard InChI is InChI=1S/C25H26N2O4/c1-19(20-8-4-2-5-9-20)16-26-24(28)17-31-25(29)18-30-23-14-12-22(13-15-23)27-21-10-6-3-7-11-21/h2-15,19,27H,16-18H2,1H3,(H,26,28)/t19-/m1/s1. The first-order valence-corrected chi connectivity index (χ1v) is 10.1. The second-order valence-corrected chi connectivity index (χ2v) is 7.08. The van der Waals surface area contributed by atoms with E-state index in [1.807, 2.05) is 79.7 Å². The molecule has 3 aromatic rings. The number of esters is 1. The zero-order valence-electron chi connectivity index (χ0n) is 17.4. The molecule has 6 nitrogen and oxygen atoms in total. The summed E-state index contributed by atoms with van der Waals surface area (Å²) in [4.78, 5) is 23.8. The van der Waals surface area contributed by atoms with Crippen molar-refractivity contribution >= 4 is 23.3 Å². The highest BCUT2D eigenvalue weighted by atomic mass is 16.6. The van der Waals surface area contributed by atoms with E-state index < -0.39 is 5.97 Å². The first-order chi connectivity index (χ1) is 15.1. The molecule has 3 aromatic carbocycles. The molecule has 0 fully saturated rings. The molecule has 0 bridgehead atoms. The van der Waals surface area contributed by atoms with Gasteiger partial charge >= 0.3 is 5.97 Å². The van der Waals surface area contributed by atoms with E-state index in [0.29, 0.717) is 12.3 Å². The van der Waals surface area contributed by atoms with E-state index in [1.165, 1.54) is 0 Å². The lowest BCUT2D eigenvalue weighted by molar-refractivity contribution is -0.150. The van der Waals surface area contributed by atoms with Crippen LogP contribution in [0.3, 0.4) is 0 Å². The maximum atomic E-state index is 11.9. The van der Waals surface area contributed by atoms with Gasteiger partial charge < -0.3 is 20.1 Å². The third-order valence-electron chi connectivity index (χ3n) is 4.61. The summed E-state index contributed by atoms with van der Waals surface area (Å²) >= 11 is 0. The third-order valence-corrected chi connectivity index (χ3v) is 4.61. The molecular weight excluding hydrogens is 392 g/mol. The van der Waals surface area contributed by atoms with Crippen LogP contribution in [-0.4, -0.2) is 31.6 Å². The SMILES string of the molecule is C[C@H](CNC(=O)COC(=O)COc1ccc(Nc2ccccc2)cc1)c1ccccc1. The number of carbonyl (C=O) groups is 2. The van der Waals surface area contributed by atoms with Crippen molar-refractivity contribution < 1.29 is 19.1 Å². The molecule has 2 N–H and O–H groups in total. The second-order valence-electron chi connectivity index (χ2n) is 7.08. The minimum Gasteiger partial charge on any atom is -0.482 e. The van der Waals surface area contributed by atoms with Gasteiger partial charge in [0.25, 0.3) is 5.91 Å². The van der Waals surface area contributed by atoms with E-state index in [2.05, 4.69) is 10.6 Å². The van der Waals surface area contributed by atoms with E-state index in [0.717, 1.165) is 16.9 Å². The van der Waals surface area contributed by atoms with Gasteiger partial charge in [-0.15, -0.1) is 0 Å². The Labute approximate surface area is 182 Å². The molecular formula is C25H26N2O4. The van der Waals surface area contributed by atoms with E-state index in [1.54, 1.807) is 12.1 Å². The topological polar surface area (TPSA) is 76.7 Å². The summed E-state index contributed by atoms with van der Waals surface area (Å²) in [5, 5.41) is 6.04. The van der Waals surface area contributed by atoms with Crippen molar-refractivity contribution in [2.24, 2.45) is 0 Å². The van der Waals surface area contributed by atoms with Crippen molar-refractivity contribution in [2.45, 2.75) is 12.8 Å². The van der Waals surface area contributed by atoms with Gasteiger partial charge in [0.1, 0.15) is 5.75 Å². The second kappa shape index (κ2) is 11.4. The van der Waals surface area contributed by atoms with Gasteiger partial charge in [0.05, 0.1) is 0 Å². The quantitative estimate of drug-likeness (QED) is 0.481. The molecule has 0 spiro atoms. The first-order valence-electron chi connectivity index (χ1n) is 10.1. The highest BCUT2D eigenvalue weighted by Gasteiger charge is 2.11. The van der Waals surface area contributed by atoms with Gasteiger partial charge in [0, 0.05) is 17.9 Å². The lowest BCUT2D eigenvalue weighted by atomic mass is 10.0. The van der Waals surface area contributed by atoms with Crippen molar-refractivity contribution in [1.29, 1.82) is 0 Å². The highest BCUT2D eigenvalue weighted by molar-refractivity contribution is 5.81. The molecule has 0 heterocycles. The van der Waals surface area contributed by atoms with Gasteiger partial charge in [-0.05, 0) is 47.9 Å². The fourth-order valence-corrected chi connectivity index (χ4v) is 2.87. The summed E-state index contributed by atoms with van der Waals surface area (Å²) in [6.07, 6.45) is 0. The predicted octanol–water partition coefficient (Wildman–Crippen LogP) is 4.27. The predicted molar refractivity (Wildman–Crippen MR) is 120 cm³/mol. The van der Waals surface area contributed by atoms with Gasteiger partial charge in [0.2, 0.25) is 0 Å². The summed E-state index contributed by atoms with van der Waals surface area (Å²) in [6, 6.07) is 26.9. The summed E-state index contributed by atoms with van der Waals surface area (Å²) in [6.45, 7) is 1.90. The number of para-hydroxylation sites is 1. The van der Waals surface area contributed by atoms with Crippen molar-refractivity contribution in [3.8, 4) is 5.75 Å². The van der Waals surface area contributed by atoms with Crippen molar-refractivity contribution in [3.63, 3.8) is 0 Å². The maximum Gasteiger partial charge on any atom is 0.344 e. The Hall–Kier alpha value is -3.80. The Balaban J connectivity index is 1.33. The molecule has 0 aliphatic heterocycles. The molecule has 31 heavy (non-hydrogen) atoms. The molecule has 3 rings (SSSR count). The number of benzene rings is 3. The summed E-state index contributed by atoms with van der Waals surface area (Å²) < 4.78 is 10.4. The number of rotatable bonds is 10. The fraction of sp³-hybridized carbons (Fsp3) is 0.200. The van der Waals surface area contributed by atoms with Gasteiger partial charge in [-0.3, -0.25) is 4.79 Å². The zero-order chi connectivity index (χ0) is 21.9. The molecule has 6 heteroatoms. The number of nitrogens with one attached hydrogen (secondary N) is 2. The van der Waals surface area contributed by atoms with Crippen LogP contribution >= 0.6 is 0 Å². The minimum absolute atomic E-state index is 0.170. The lowest BCUT2D eigenvalue weighted by Gasteiger charge is -2.13. The van der Waals surface area contributed by atoms with Crippen molar-refractivity contribution in [3.05, 3.63) is 90.5 Å². The summed E-state index contributed by atoms with van der Waals surface area (Å²) in [7, 11) is 0. The van der Waals surface area contributed by atoms with E-state index in [9.17, 15) is 9.59 Å². The summed E-state index contributed by atoms with van der Waals surface area (Å²) in [5.74, 6) is -0.231. The third kappa shape index (κ3) is 7.51. The normalized spacial score (nSPS) is 11.3. The van der Waals surface area contributed by atoms with Gasteiger partial charge in [-0.1, -0.05) is 55.5 Å². The summed E-state index contributed by atoms with van der Waals surface area (Å²) in [5.41, 5.74) is 3.02. The Kier molecular flexibility index (Phi) is 8.05. The molecule has 160 valence electrons. The highest BCUT2D eigenvalue weighted by Crippen LogP contribution is 2.19. The van der Waals surface area contributed by atoms with E-state index >= 15 is 0 Å². The maximum absolute atomic E-state index is 11.9. The molecule has 1 amide bonds. The van der Waals surface area contributed by atoms with Gasteiger partial charge in [-0.2, -0.15) is 0 Å². The molecule has 0 unspecified atom stereocenters. The Morgan fingerprint density at radius 1 is 0.806 bits per heavy atom. The molecule has 0 aliphatic carbocycles. The number of ether oxygens (including phenoxy) is 2. The number of amides is 1. The van der Waals surface area contributed by atoms with Crippen LogP contribution in [0.1, 0.15) is 18.4 Å². The van der Waals surface area contributed by atoms with Gasteiger partial charge in [0.15, 0.2) is 13.2 Å². The Morgan fingerprint density at radius 2 is 1.42 bits per heavy atom. The van der Waals surface area contributed by atoms with Crippen LogP contribution in [0, 0.1) is 0 Å². The lowest BCUT2D eigenvalue weighted by Crippen LogP contribution is -2.32. The molecule has 0 aromatic heterocycles. The Bertz CT molecular complexity index is 960. The van der Waals surface area contributed by atoms with Crippen LogP contribution < -0.4 is 15.4 Å². The fourth-order valence-electron chi connectivity index (χ4n) is 2.87. The van der Waals surface area contributed by atoms with E-state index in [4.69, 9.17) is 9.47 Å². The van der Waals surface area contributed by atoms with Gasteiger partial charge in [-0.25, -0.2) is 4.79 Å². The largest absolute Gasteiger partial charge is 0.482 e. The first kappa shape index (κ1) is 21.9. The van der Waals surface area contributed by atoms with Crippen molar-refractivity contribution in [2.75, 3.05) is 25.1 Å². The van der Waals surface area contributed by atoms with Crippen molar-refractivity contribution in [1.82, 2.24) is 5.32 Å². The number of carbonyl (C=O) groups excluding carboxylic acids is 2. The van der Waals surface area contributed by atoms with Crippen LogP contribution in [0.4, 0.5) is 11.4 Å². The average molecular weight is 418 g/mol. The molecule has 1 atom stereocenters. The average Bonchev–Trinajstić information content (AvgIpc) is 2.82. The van der Waals surface area contributed by atoms with Crippen LogP contribution in [0.2, 0.25) is 0 Å². The molecule has 0 aliphatic rings. The number of anilines is 2. The van der Waals surface area contributed by atoms with Crippen LogP contribution in [-0.2, 0) is 14.3 Å². The zero-order valence-corrected chi connectivity index (χ0v) is 17.4. The number of hydrogen-bond acceptors (Lipinski definition) is 5. The molecule has 0 saturated heterocycles. The van der Waals surface area contributed by atoms with Crippen LogP contribution in [0.5, 0.6) is 5.75 Å². The number of hydrogen-bond donors (Lipinski definition) is 2. The minimum atomic E-state index is -0.599. The van der Waals surface area contributed by atoms with Crippen LogP contribution in [0.25, 0.3) is 0 Å². The molecule has 0 saturated carbocycles. The monoisotopic (exact) mass is 418 g/mol.